The Morgan fingerprint density at radius 2 is 2.19 bits per heavy atom. The number of hydrogen-bond acceptors (Lipinski definition) is 5. The zero-order valence-corrected chi connectivity index (χ0v) is 12.4. The van der Waals surface area contributed by atoms with Crippen LogP contribution in [0.2, 0.25) is 0 Å². The summed E-state index contributed by atoms with van der Waals surface area (Å²) in [5.74, 6) is 1.17. The van der Waals surface area contributed by atoms with Crippen molar-refractivity contribution in [3.8, 4) is 0 Å². The topological polar surface area (TPSA) is 98.2 Å². The van der Waals surface area contributed by atoms with E-state index in [1.165, 1.54) is 0 Å². The zero-order chi connectivity index (χ0) is 15.2. The van der Waals surface area contributed by atoms with Crippen LogP contribution in [0.4, 0.5) is 0 Å². The number of carbonyl (C=O) groups is 2. The normalized spacial score (nSPS) is 15.7. The molecule has 0 bridgehead atoms. The minimum atomic E-state index is -0.377. The molecule has 6 heteroatoms. The molecule has 1 atom stereocenters. The molecule has 6 nitrogen and oxygen atoms in total. The molecule has 1 fully saturated rings. The fourth-order valence-electron chi connectivity index (χ4n) is 2.08. The summed E-state index contributed by atoms with van der Waals surface area (Å²) in [6, 6.07) is 1.35. The first-order chi connectivity index (χ1) is 10.1. The van der Waals surface area contributed by atoms with Crippen LogP contribution in [-0.2, 0) is 4.79 Å². The Balaban J connectivity index is 1.57. The number of nitrogens with one attached hydrogen (secondary N) is 1. The van der Waals surface area contributed by atoms with Gasteiger partial charge in [-0.3, -0.25) is 9.59 Å². The van der Waals surface area contributed by atoms with E-state index < -0.39 is 0 Å². The van der Waals surface area contributed by atoms with Gasteiger partial charge in [0.25, 0.3) is 5.91 Å². The standard InChI is InChI=1S/C15H23N3O3/c1-10(16)13(19)5-3-2-4-8-17-15(20)12-9-14(21-18-12)11-6-7-11/h9-11H,2-8,16H2,1H3,(H,17,20)/t10-/m0/s1. The van der Waals surface area contributed by atoms with E-state index >= 15 is 0 Å². The Morgan fingerprint density at radius 1 is 1.43 bits per heavy atom. The van der Waals surface area contributed by atoms with Gasteiger partial charge in [-0.25, -0.2) is 0 Å². The third kappa shape index (κ3) is 4.97. The number of ketones is 1. The van der Waals surface area contributed by atoms with Crippen LogP contribution < -0.4 is 11.1 Å². The molecule has 0 saturated heterocycles. The number of rotatable bonds is 9. The Hall–Kier alpha value is -1.69. The first-order valence-electron chi connectivity index (χ1n) is 7.61. The van der Waals surface area contributed by atoms with Gasteiger partial charge in [0.15, 0.2) is 5.69 Å². The van der Waals surface area contributed by atoms with E-state index in [1.807, 2.05) is 0 Å². The molecule has 1 aromatic rings. The van der Waals surface area contributed by atoms with Crippen LogP contribution in [-0.4, -0.2) is 29.4 Å². The second-order valence-corrected chi connectivity index (χ2v) is 5.71. The molecule has 1 aromatic heterocycles. The molecular formula is C15H23N3O3. The summed E-state index contributed by atoms with van der Waals surface area (Å²) in [7, 11) is 0. The first kappa shape index (κ1) is 15.7. The van der Waals surface area contributed by atoms with Crippen LogP contribution >= 0.6 is 0 Å². The van der Waals surface area contributed by atoms with Crippen LogP contribution in [0.15, 0.2) is 10.6 Å². The van der Waals surface area contributed by atoms with E-state index in [4.69, 9.17) is 10.3 Å². The maximum Gasteiger partial charge on any atom is 0.273 e. The maximum atomic E-state index is 11.8. The Morgan fingerprint density at radius 3 is 2.86 bits per heavy atom. The number of hydrogen-bond donors (Lipinski definition) is 2. The van der Waals surface area contributed by atoms with E-state index in [0.717, 1.165) is 37.9 Å². The summed E-state index contributed by atoms with van der Waals surface area (Å²) < 4.78 is 5.14. The summed E-state index contributed by atoms with van der Waals surface area (Å²) >= 11 is 0. The van der Waals surface area contributed by atoms with Crippen molar-refractivity contribution in [2.75, 3.05) is 6.54 Å². The number of unbranched alkanes of at least 4 members (excludes halogenated alkanes) is 2. The molecule has 0 aromatic carbocycles. The highest BCUT2D eigenvalue weighted by Gasteiger charge is 2.28. The molecular weight excluding hydrogens is 270 g/mol. The van der Waals surface area contributed by atoms with Crippen LogP contribution in [0, 0.1) is 0 Å². The number of nitrogens with zero attached hydrogens (tertiary/aromatic N) is 1. The largest absolute Gasteiger partial charge is 0.360 e. The average Bonchev–Trinajstić information content (AvgIpc) is 3.19. The van der Waals surface area contributed by atoms with E-state index in [0.29, 0.717) is 24.6 Å². The third-order valence-electron chi connectivity index (χ3n) is 3.63. The molecule has 116 valence electrons. The number of amides is 1. The molecule has 1 heterocycles. The van der Waals surface area contributed by atoms with Gasteiger partial charge in [-0.15, -0.1) is 0 Å². The summed E-state index contributed by atoms with van der Waals surface area (Å²) in [4.78, 5) is 23.1. The molecule has 1 amide bonds. The van der Waals surface area contributed by atoms with Crippen LogP contribution in [0.25, 0.3) is 0 Å². The highest BCUT2D eigenvalue weighted by atomic mass is 16.5. The van der Waals surface area contributed by atoms with Crippen molar-refractivity contribution >= 4 is 11.7 Å². The summed E-state index contributed by atoms with van der Waals surface area (Å²) in [5.41, 5.74) is 5.84. The lowest BCUT2D eigenvalue weighted by molar-refractivity contribution is -0.120. The molecule has 0 unspecified atom stereocenters. The van der Waals surface area contributed by atoms with Gasteiger partial charge in [-0.05, 0) is 32.6 Å². The van der Waals surface area contributed by atoms with Crippen molar-refractivity contribution in [3.63, 3.8) is 0 Å². The Bertz CT molecular complexity index is 492. The van der Waals surface area contributed by atoms with Crippen molar-refractivity contribution in [2.45, 2.75) is 57.4 Å². The molecule has 3 N–H and O–H groups in total. The van der Waals surface area contributed by atoms with Gasteiger partial charge in [-0.2, -0.15) is 0 Å². The fraction of sp³-hybridized carbons (Fsp3) is 0.667. The van der Waals surface area contributed by atoms with E-state index in [2.05, 4.69) is 10.5 Å². The highest BCUT2D eigenvalue weighted by molar-refractivity contribution is 5.92. The number of nitrogens with two attached hydrogens (primary N) is 1. The molecule has 21 heavy (non-hydrogen) atoms. The van der Waals surface area contributed by atoms with Crippen LogP contribution in [0.1, 0.15) is 67.6 Å². The summed E-state index contributed by atoms with van der Waals surface area (Å²) in [5, 5.41) is 6.60. The molecule has 1 aliphatic rings. The van der Waals surface area contributed by atoms with Crippen LogP contribution in [0.3, 0.4) is 0 Å². The molecule has 2 rings (SSSR count). The van der Waals surface area contributed by atoms with Gasteiger partial charge in [0.2, 0.25) is 0 Å². The maximum absolute atomic E-state index is 11.8. The van der Waals surface area contributed by atoms with Crippen molar-refractivity contribution in [1.29, 1.82) is 0 Å². The second-order valence-electron chi connectivity index (χ2n) is 5.71. The number of aromatic nitrogens is 1. The van der Waals surface area contributed by atoms with E-state index in [-0.39, 0.29) is 17.7 Å². The molecule has 0 radical (unpaired) electrons. The van der Waals surface area contributed by atoms with Crippen molar-refractivity contribution in [3.05, 3.63) is 17.5 Å². The van der Waals surface area contributed by atoms with Gasteiger partial charge in [-0.1, -0.05) is 11.6 Å². The van der Waals surface area contributed by atoms with Gasteiger partial charge in [0, 0.05) is 24.9 Å². The molecule has 0 aliphatic heterocycles. The van der Waals surface area contributed by atoms with E-state index in [1.54, 1.807) is 13.0 Å². The minimum Gasteiger partial charge on any atom is -0.360 e. The van der Waals surface area contributed by atoms with Crippen molar-refractivity contribution < 1.29 is 14.1 Å². The SMILES string of the molecule is C[C@H](N)C(=O)CCCCCNC(=O)c1cc(C2CC2)on1. The molecule has 1 saturated carbocycles. The smallest absolute Gasteiger partial charge is 0.273 e. The lowest BCUT2D eigenvalue weighted by Gasteiger charge is -2.04. The number of Topliss-reactive ketones (excluding diaryl/α,β-unsaturated/α-hetero) is 1. The Labute approximate surface area is 124 Å². The van der Waals surface area contributed by atoms with Gasteiger partial charge in [0.05, 0.1) is 6.04 Å². The lowest BCUT2D eigenvalue weighted by atomic mass is 10.1. The Kier molecular flexibility index (Phi) is 5.50. The fourth-order valence-corrected chi connectivity index (χ4v) is 2.08. The monoisotopic (exact) mass is 293 g/mol. The zero-order valence-electron chi connectivity index (χ0n) is 12.4. The predicted molar refractivity (Wildman–Crippen MR) is 77.9 cm³/mol. The lowest BCUT2D eigenvalue weighted by Crippen LogP contribution is -2.26. The minimum absolute atomic E-state index is 0.0919. The van der Waals surface area contributed by atoms with Gasteiger partial charge < -0.3 is 15.6 Å². The van der Waals surface area contributed by atoms with Crippen molar-refractivity contribution in [2.24, 2.45) is 5.73 Å². The summed E-state index contributed by atoms with van der Waals surface area (Å²) in [6.07, 6.45) is 5.30. The average molecular weight is 293 g/mol. The van der Waals surface area contributed by atoms with Gasteiger partial charge >= 0.3 is 0 Å². The van der Waals surface area contributed by atoms with Crippen LogP contribution in [0.5, 0.6) is 0 Å². The molecule has 0 spiro atoms. The van der Waals surface area contributed by atoms with E-state index in [9.17, 15) is 9.59 Å². The van der Waals surface area contributed by atoms with Gasteiger partial charge in [0.1, 0.15) is 11.5 Å². The highest BCUT2D eigenvalue weighted by Crippen LogP contribution is 2.40. The quantitative estimate of drug-likeness (QED) is 0.676. The summed E-state index contributed by atoms with van der Waals surface area (Å²) in [6.45, 7) is 2.28. The third-order valence-corrected chi connectivity index (χ3v) is 3.63. The molecule has 1 aliphatic carbocycles. The number of carbonyl (C=O) groups excluding carboxylic acids is 2. The first-order valence-corrected chi connectivity index (χ1v) is 7.61. The predicted octanol–water partition coefficient (Wildman–Crippen LogP) is 1.76. The van der Waals surface area contributed by atoms with Crippen molar-refractivity contribution in [1.82, 2.24) is 10.5 Å². The second kappa shape index (κ2) is 7.36.